The van der Waals surface area contributed by atoms with Gasteiger partial charge in [0.15, 0.2) is 0 Å². The van der Waals surface area contributed by atoms with Crippen LogP contribution in [0.25, 0.3) is 0 Å². The molecule has 3 atom stereocenters. The fourth-order valence-corrected chi connectivity index (χ4v) is 6.58. The zero-order valence-electron chi connectivity index (χ0n) is 22.1. The maximum absolute atomic E-state index is 13.5. The van der Waals surface area contributed by atoms with E-state index in [2.05, 4.69) is 30.0 Å². The highest BCUT2D eigenvalue weighted by Gasteiger charge is 2.39. The van der Waals surface area contributed by atoms with Gasteiger partial charge < -0.3 is 4.74 Å². The fraction of sp³-hybridized carbons (Fsp3) is 0.581. The SMILES string of the molecule is CC(=O)[C@@H](C)[C@H](c1ccc2c(c1)CC(C1CCN(Cc3cc(C)ccc3C(F)(F)F)CC1)CO2)C1CC1. The number of hydrogen-bond donors (Lipinski definition) is 0. The molecule has 0 N–H and O–H groups in total. The van der Waals surface area contributed by atoms with E-state index in [0.29, 0.717) is 36.5 Å². The zero-order valence-corrected chi connectivity index (χ0v) is 22.1. The number of ketones is 1. The summed E-state index contributed by atoms with van der Waals surface area (Å²) in [6.07, 6.45) is 0.988. The van der Waals surface area contributed by atoms with E-state index in [1.807, 2.05) is 6.92 Å². The number of fused-ring (bicyclic) bond motifs is 1. The quantitative estimate of drug-likeness (QED) is 0.392. The monoisotopic (exact) mass is 513 g/mol. The van der Waals surface area contributed by atoms with Crippen molar-refractivity contribution < 1.29 is 22.7 Å². The van der Waals surface area contributed by atoms with Gasteiger partial charge >= 0.3 is 6.18 Å². The van der Waals surface area contributed by atoms with Gasteiger partial charge in [-0.05, 0) is 106 Å². The van der Waals surface area contributed by atoms with Crippen LogP contribution in [0, 0.1) is 30.6 Å². The third-order valence-corrected chi connectivity index (χ3v) is 8.97. The Kier molecular flexibility index (Phi) is 7.41. The second-order valence-electron chi connectivity index (χ2n) is 11.7. The number of benzene rings is 2. The lowest BCUT2D eigenvalue weighted by molar-refractivity contribution is -0.138. The lowest BCUT2D eigenvalue weighted by Gasteiger charge is -2.38. The van der Waals surface area contributed by atoms with Crippen molar-refractivity contribution in [2.75, 3.05) is 19.7 Å². The lowest BCUT2D eigenvalue weighted by atomic mass is 9.77. The Morgan fingerprint density at radius 1 is 1.05 bits per heavy atom. The van der Waals surface area contributed by atoms with Gasteiger partial charge in [0, 0.05) is 18.4 Å². The molecule has 1 aliphatic carbocycles. The number of ether oxygens (including phenoxy) is 1. The van der Waals surface area contributed by atoms with E-state index in [1.165, 1.54) is 30.0 Å². The molecule has 37 heavy (non-hydrogen) atoms. The summed E-state index contributed by atoms with van der Waals surface area (Å²) in [6.45, 7) is 8.25. The first-order chi connectivity index (χ1) is 17.6. The van der Waals surface area contributed by atoms with Gasteiger partial charge in [0.2, 0.25) is 0 Å². The molecule has 1 saturated carbocycles. The molecular formula is C31H38F3NO2. The molecule has 6 heteroatoms. The summed E-state index contributed by atoms with van der Waals surface area (Å²) in [5, 5.41) is 0. The molecule has 0 bridgehead atoms. The molecule has 5 rings (SSSR count). The van der Waals surface area contributed by atoms with E-state index >= 15 is 0 Å². The van der Waals surface area contributed by atoms with Crippen LogP contribution in [0.4, 0.5) is 13.2 Å². The number of likely N-dealkylation sites (tertiary alicyclic amines) is 1. The number of aryl methyl sites for hydroxylation is 1. The van der Waals surface area contributed by atoms with Gasteiger partial charge in [0.25, 0.3) is 0 Å². The normalized spacial score (nSPS) is 22.7. The molecule has 3 aliphatic rings. The van der Waals surface area contributed by atoms with Crippen LogP contribution in [-0.2, 0) is 23.9 Å². The smallest absolute Gasteiger partial charge is 0.416 e. The summed E-state index contributed by atoms with van der Waals surface area (Å²) in [5.41, 5.74) is 3.22. The maximum Gasteiger partial charge on any atom is 0.416 e. The number of hydrogen-bond acceptors (Lipinski definition) is 3. The van der Waals surface area contributed by atoms with Crippen molar-refractivity contribution >= 4 is 5.78 Å². The molecule has 2 aromatic carbocycles. The molecule has 1 unspecified atom stereocenters. The zero-order chi connectivity index (χ0) is 26.3. The number of piperidine rings is 1. The van der Waals surface area contributed by atoms with E-state index < -0.39 is 11.7 Å². The van der Waals surface area contributed by atoms with Crippen molar-refractivity contribution in [1.82, 2.24) is 4.90 Å². The number of carbonyl (C=O) groups excluding carboxylic acids is 1. The van der Waals surface area contributed by atoms with Crippen molar-refractivity contribution in [2.24, 2.45) is 23.7 Å². The minimum absolute atomic E-state index is 0.0291. The van der Waals surface area contributed by atoms with Crippen LogP contribution in [0.2, 0.25) is 0 Å². The molecule has 0 amide bonds. The summed E-state index contributed by atoms with van der Waals surface area (Å²) in [7, 11) is 0. The van der Waals surface area contributed by atoms with E-state index in [9.17, 15) is 18.0 Å². The standard InChI is InChI=1S/C31H38F3NO2/c1-19-4-8-28(31(32,33)34)26(14-19)17-35-12-10-22(11-13-35)27-16-25-15-24(7-9-29(25)37-18-27)30(23-5-6-23)20(2)21(3)36/h4,7-9,14-15,20,22-23,27,30H,5-6,10-13,16-18H2,1-3H3/t20-,27?,30+/m1/s1. The van der Waals surface area contributed by atoms with Crippen LogP contribution >= 0.6 is 0 Å². The molecule has 1 saturated heterocycles. The van der Waals surface area contributed by atoms with Crippen LogP contribution in [0.5, 0.6) is 5.75 Å². The van der Waals surface area contributed by atoms with Crippen molar-refractivity contribution in [2.45, 2.75) is 71.5 Å². The minimum atomic E-state index is -4.33. The molecule has 0 radical (unpaired) electrons. The lowest BCUT2D eigenvalue weighted by Crippen LogP contribution is -2.39. The molecular weight excluding hydrogens is 475 g/mol. The largest absolute Gasteiger partial charge is 0.493 e. The second-order valence-corrected chi connectivity index (χ2v) is 11.7. The van der Waals surface area contributed by atoms with Gasteiger partial charge in [-0.3, -0.25) is 9.69 Å². The third kappa shape index (κ3) is 5.89. The van der Waals surface area contributed by atoms with Gasteiger partial charge in [0.05, 0.1) is 12.2 Å². The summed E-state index contributed by atoms with van der Waals surface area (Å²) < 4.78 is 46.8. The molecule has 2 aliphatic heterocycles. The van der Waals surface area contributed by atoms with Crippen molar-refractivity contribution in [1.29, 1.82) is 0 Å². The first-order valence-corrected chi connectivity index (χ1v) is 13.7. The predicted molar refractivity (Wildman–Crippen MR) is 139 cm³/mol. The van der Waals surface area contributed by atoms with Crippen LogP contribution in [0.15, 0.2) is 36.4 Å². The first-order valence-electron chi connectivity index (χ1n) is 13.7. The topological polar surface area (TPSA) is 29.5 Å². The Balaban J connectivity index is 1.23. The predicted octanol–water partition coefficient (Wildman–Crippen LogP) is 7.20. The van der Waals surface area contributed by atoms with Crippen LogP contribution in [-0.4, -0.2) is 30.4 Å². The minimum Gasteiger partial charge on any atom is -0.493 e. The summed E-state index contributed by atoms with van der Waals surface area (Å²) >= 11 is 0. The van der Waals surface area contributed by atoms with Gasteiger partial charge in [-0.15, -0.1) is 0 Å². The summed E-state index contributed by atoms with van der Waals surface area (Å²) in [6, 6.07) is 11.0. The van der Waals surface area contributed by atoms with Gasteiger partial charge in [0.1, 0.15) is 11.5 Å². The van der Waals surface area contributed by atoms with E-state index in [1.54, 1.807) is 19.1 Å². The van der Waals surface area contributed by atoms with Crippen LogP contribution in [0.3, 0.4) is 0 Å². The number of rotatable bonds is 7. The highest BCUT2D eigenvalue weighted by atomic mass is 19.4. The molecule has 2 heterocycles. The molecule has 200 valence electrons. The molecule has 2 aromatic rings. The van der Waals surface area contributed by atoms with Crippen molar-refractivity contribution in [3.8, 4) is 5.75 Å². The van der Waals surface area contributed by atoms with Gasteiger partial charge in [-0.2, -0.15) is 13.2 Å². The van der Waals surface area contributed by atoms with E-state index in [-0.39, 0.29) is 17.6 Å². The van der Waals surface area contributed by atoms with Crippen molar-refractivity contribution in [3.05, 3.63) is 64.2 Å². The summed E-state index contributed by atoms with van der Waals surface area (Å²) in [4.78, 5) is 14.3. The number of carbonyl (C=O) groups is 1. The Morgan fingerprint density at radius 2 is 1.78 bits per heavy atom. The van der Waals surface area contributed by atoms with Crippen molar-refractivity contribution in [3.63, 3.8) is 0 Å². The number of Topliss-reactive ketones (excluding diaryl/α,β-unsaturated/α-hetero) is 1. The maximum atomic E-state index is 13.5. The third-order valence-electron chi connectivity index (χ3n) is 8.97. The number of halogens is 3. The van der Waals surface area contributed by atoms with Gasteiger partial charge in [-0.1, -0.05) is 36.8 Å². The second kappa shape index (κ2) is 10.4. The van der Waals surface area contributed by atoms with Crippen LogP contribution in [0.1, 0.15) is 73.3 Å². The van der Waals surface area contributed by atoms with E-state index in [4.69, 9.17) is 4.74 Å². The average Bonchev–Trinajstić information content (AvgIpc) is 3.68. The molecule has 2 fully saturated rings. The molecule has 0 spiro atoms. The Morgan fingerprint density at radius 3 is 2.43 bits per heavy atom. The Hall–Kier alpha value is -2.34. The Labute approximate surface area is 218 Å². The average molecular weight is 514 g/mol. The first kappa shape index (κ1) is 26.3. The van der Waals surface area contributed by atoms with Gasteiger partial charge in [-0.25, -0.2) is 0 Å². The summed E-state index contributed by atoms with van der Waals surface area (Å²) in [5.74, 6) is 3.05. The highest BCUT2D eigenvalue weighted by molar-refractivity contribution is 5.79. The van der Waals surface area contributed by atoms with Crippen LogP contribution < -0.4 is 4.74 Å². The molecule has 3 nitrogen and oxygen atoms in total. The van der Waals surface area contributed by atoms with E-state index in [0.717, 1.165) is 43.7 Å². The number of nitrogens with zero attached hydrogens (tertiary/aromatic N) is 1. The fourth-order valence-electron chi connectivity index (χ4n) is 6.58. The molecule has 0 aromatic heterocycles. The Bertz CT molecular complexity index is 1130. The highest BCUT2D eigenvalue weighted by Crippen LogP contribution is 2.48. The number of alkyl halides is 3.